The van der Waals surface area contributed by atoms with Crippen LogP contribution in [-0.2, 0) is 0 Å². The molecule has 0 atom stereocenters. The van der Waals surface area contributed by atoms with E-state index in [2.05, 4.69) is 20.8 Å². The Hall–Kier alpha value is -2.14. The number of anilines is 1. The molecule has 1 aromatic carbocycles. The van der Waals surface area contributed by atoms with E-state index >= 15 is 0 Å². The van der Waals surface area contributed by atoms with Crippen LogP contribution in [0.3, 0.4) is 0 Å². The molecule has 0 amide bonds. The first-order valence-corrected chi connectivity index (χ1v) is 6.31. The van der Waals surface area contributed by atoms with Crippen LogP contribution in [0, 0.1) is 0 Å². The highest BCUT2D eigenvalue weighted by Gasteiger charge is 2.16. The molecular formula is C14H16N4O. The lowest BCUT2D eigenvalue weighted by atomic mass is 10.1. The molecule has 1 aliphatic heterocycles. The molecule has 98 valence electrons. The first kappa shape index (κ1) is 11.9. The average molecular weight is 256 g/mol. The van der Waals surface area contributed by atoms with Gasteiger partial charge in [0.1, 0.15) is 11.6 Å². The minimum atomic E-state index is 0.464. The summed E-state index contributed by atoms with van der Waals surface area (Å²) in [4.78, 5) is 0. The second kappa shape index (κ2) is 5.24. The molecule has 19 heavy (non-hydrogen) atoms. The fourth-order valence-corrected chi connectivity index (χ4v) is 2.01. The van der Waals surface area contributed by atoms with E-state index in [0.29, 0.717) is 6.04 Å². The Kier molecular flexibility index (Phi) is 3.29. The molecule has 0 bridgehead atoms. The van der Waals surface area contributed by atoms with E-state index in [1.54, 1.807) is 7.11 Å². The fourth-order valence-electron chi connectivity index (χ4n) is 2.01. The SMILES string of the molecule is COc1ccccc1-c1ccc(NC2CNC2)nn1. The quantitative estimate of drug-likeness (QED) is 0.869. The normalized spacial score (nSPS) is 14.8. The van der Waals surface area contributed by atoms with Crippen molar-refractivity contribution in [2.24, 2.45) is 0 Å². The number of methoxy groups -OCH3 is 1. The molecule has 1 fully saturated rings. The summed E-state index contributed by atoms with van der Waals surface area (Å²) < 4.78 is 5.33. The molecule has 2 aromatic rings. The maximum Gasteiger partial charge on any atom is 0.148 e. The van der Waals surface area contributed by atoms with Gasteiger partial charge in [0, 0.05) is 18.7 Å². The van der Waals surface area contributed by atoms with Gasteiger partial charge in [-0.25, -0.2) is 0 Å². The molecule has 0 spiro atoms. The third kappa shape index (κ3) is 2.51. The minimum Gasteiger partial charge on any atom is -0.496 e. The molecule has 1 aromatic heterocycles. The predicted octanol–water partition coefficient (Wildman–Crippen LogP) is 1.54. The van der Waals surface area contributed by atoms with Crippen LogP contribution < -0.4 is 15.4 Å². The highest BCUT2D eigenvalue weighted by atomic mass is 16.5. The Morgan fingerprint density at radius 2 is 2.00 bits per heavy atom. The second-order valence-corrected chi connectivity index (χ2v) is 4.50. The predicted molar refractivity (Wildman–Crippen MR) is 74.3 cm³/mol. The lowest BCUT2D eigenvalue weighted by molar-refractivity contribution is 0.416. The van der Waals surface area contributed by atoms with Crippen molar-refractivity contribution in [1.29, 1.82) is 0 Å². The van der Waals surface area contributed by atoms with Crippen LogP contribution in [0.2, 0.25) is 0 Å². The minimum absolute atomic E-state index is 0.464. The van der Waals surface area contributed by atoms with E-state index in [9.17, 15) is 0 Å². The molecule has 5 heteroatoms. The Balaban J connectivity index is 1.81. The van der Waals surface area contributed by atoms with E-state index in [1.165, 1.54) is 0 Å². The van der Waals surface area contributed by atoms with Crippen LogP contribution in [0.15, 0.2) is 36.4 Å². The second-order valence-electron chi connectivity index (χ2n) is 4.50. The van der Waals surface area contributed by atoms with Crippen LogP contribution in [0.4, 0.5) is 5.82 Å². The molecule has 0 unspecified atom stereocenters. The van der Waals surface area contributed by atoms with E-state index in [0.717, 1.165) is 35.9 Å². The topological polar surface area (TPSA) is 59.1 Å². The number of hydrogen-bond acceptors (Lipinski definition) is 5. The van der Waals surface area contributed by atoms with Gasteiger partial charge in [-0.2, -0.15) is 0 Å². The summed E-state index contributed by atoms with van der Waals surface area (Å²) in [6.07, 6.45) is 0. The third-order valence-electron chi connectivity index (χ3n) is 3.18. The van der Waals surface area contributed by atoms with E-state index < -0.39 is 0 Å². The summed E-state index contributed by atoms with van der Waals surface area (Å²) in [6, 6.07) is 12.2. The molecule has 0 radical (unpaired) electrons. The number of para-hydroxylation sites is 1. The Labute approximate surface area is 112 Å². The summed E-state index contributed by atoms with van der Waals surface area (Å²) in [5.74, 6) is 1.62. The average Bonchev–Trinajstić information content (AvgIpc) is 2.43. The van der Waals surface area contributed by atoms with Crippen molar-refractivity contribution < 1.29 is 4.74 Å². The number of benzene rings is 1. The lowest BCUT2D eigenvalue weighted by Crippen LogP contribution is -2.51. The number of nitrogens with zero attached hydrogens (tertiary/aromatic N) is 2. The van der Waals surface area contributed by atoms with E-state index in [-0.39, 0.29) is 0 Å². The molecule has 2 heterocycles. The summed E-state index contributed by atoms with van der Waals surface area (Å²) in [6.45, 7) is 1.96. The van der Waals surface area contributed by atoms with Crippen molar-refractivity contribution in [3.63, 3.8) is 0 Å². The largest absolute Gasteiger partial charge is 0.496 e. The monoisotopic (exact) mass is 256 g/mol. The maximum absolute atomic E-state index is 5.33. The molecule has 0 saturated carbocycles. The highest BCUT2D eigenvalue weighted by Crippen LogP contribution is 2.27. The smallest absolute Gasteiger partial charge is 0.148 e. The van der Waals surface area contributed by atoms with Gasteiger partial charge in [0.25, 0.3) is 0 Å². The van der Waals surface area contributed by atoms with Crippen LogP contribution in [0.25, 0.3) is 11.3 Å². The van der Waals surface area contributed by atoms with Gasteiger partial charge in [-0.15, -0.1) is 10.2 Å². The number of nitrogens with one attached hydrogen (secondary N) is 2. The molecule has 1 saturated heterocycles. The van der Waals surface area contributed by atoms with E-state index in [4.69, 9.17) is 4.74 Å². The standard InChI is InChI=1S/C14H16N4O/c1-19-13-5-3-2-4-11(13)12-6-7-14(18-17-12)16-10-8-15-9-10/h2-7,10,15H,8-9H2,1H3,(H,16,18). The number of rotatable bonds is 4. The summed E-state index contributed by atoms with van der Waals surface area (Å²) in [7, 11) is 1.66. The Bertz CT molecular complexity index is 552. The Morgan fingerprint density at radius 1 is 1.16 bits per heavy atom. The molecule has 5 nitrogen and oxygen atoms in total. The van der Waals surface area contributed by atoms with Crippen molar-refractivity contribution in [2.75, 3.05) is 25.5 Å². The number of hydrogen-bond donors (Lipinski definition) is 2. The van der Waals surface area contributed by atoms with Gasteiger partial charge in [-0.3, -0.25) is 0 Å². The van der Waals surface area contributed by atoms with Gasteiger partial charge in [0.15, 0.2) is 0 Å². The summed E-state index contributed by atoms with van der Waals surface area (Å²) in [5, 5.41) is 15.0. The Morgan fingerprint density at radius 3 is 2.63 bits per heavy atom. The van der Waals surface area contributed by atoms with Crippen molar-refractivity contribution in [3.8, 4) is 17.0 Å². The van der Waals surface area contributed by atoms with Crippen LogP contribution in [0.1, 0.15) is 0 Å². The van der Waals surface area contributed by atoms with Crippen LogP contribution in [0.5, 0.6) is 5.75 Å². The van der Waals surface area contributed by atoms with Crippen LogP contribution in [-0.4, -0.2) is 36.4 Å². The number of aromatic nitrogens is 2. The van der Waals surface area contributed by atoms with Gasteiger partial charge in [-0.05, 0) is 24.3 Å². The molecule has 2 N–H and O–H groups in total. The zero-order valence-electron chi connectivity index (χ0n) is 10.8. The fraction of sp³-hybridized carbons (Fsp3) is 0.286. The van der Waals surface area contributed by atoms with Crippen molar-refractivity contribution in [1.82, 2.24) is 15.5 Å². The molecule has 3 rings (SSSR count). The van der Waals surface area contributed by atoms with Crippen molar-refractivity contribution in [2.45, 2.75) is 6.04 Å². The summed E-state index contributed by atoms with van der Waals surface area (Å²) >= 11 is 0. The maximum atomic E-state index is 5.33. The van der Waals surface area contributed by atoms with Crippen molar-refractivity contribution >= 4 is 5.82 Å². The first-order chi connectivity index (χ1) is 9.36. The van der Waals surface area contributed by atoms with Gasteiger partial charge < -0.3 is 15.4 Å². The van der Waals surface area contributed by atoms with E-state index in [1.807, 2.05) is 36.4 Å². The lowest BCUT2D eigenvalue weighted by Gasteiger charge is -2.28. The molecule has 0 aliphatic carbocycles. The first-order valence-electron chi connectivity index (χ1n) is 6.31. The highest BCUT2D eigenvalue weighted by molar-refractivity contribution is 5.67. The van der Waals surface area contributed by atoms with Crippen LogP contribution >= 0.6 is 0 Å². The zero-order chi connectivity index (χ0) is 13.1. The van der Waals surface area contributed by atoms with Gasteiger partial charge in [0.2, 0.25) is 0 Å². The van der Waals surface area contributed by atoms with Gasteiger partial charge >= 0.3 is 0 Å². The number of ether oxygens (including phenoxy) is 1. The van der Waals surface area contributed by atoms with Gasteiger partial charge in [0.05, 0.1) is 18.8 Å². The van der Waals surface area contributed by atoms with Crippen molar-refractivity contribution in [3.05, 3.63) is 36.4 Å². The molecular weight excluding hydrogens is 240 g/mol. The van der Waals surface area contributed by atoms with Gasteiger partial charge in [-0.1, -0.05) is 12.1 Å². The molecule has 1 aliphatic rings. The summed E-state index contributed by atoms with van der Waals surface area (Å²) in [5.41, 5.74) is 1.77. The third-order valence-corrected chi connectivity index (χ3v) is 3.18. The zero-order valence-corrected chi connectivity index (χ0v) is 10.8.